The van der Waals surface area contributed by atoms with Gasteiger partial charge in [0.2, 0.25) is 5.91 Å². The summed E-state index contributed by atoms with van der Waals surface area (Å²) in [5, 5.41) is 7.83. The van der Waals surface area contributed by atoms with E-state index >= 15 is 0 Å². The maximum Gasteiger partial charge on any atom is 0.329 e. The second kappa shape index (κ2) is 10.7. The second-order valence-electron chi connectivity index (χ2n) is 7.60. The number of amides is 2. The minimum atomic E-state index is -0.871. The van der Waals surface area contributed by atoms with Crippen molar-refractivity contribution in [1.82, 2.24) is 15.6 Å². The van der Waals surface area contributed by atoms with Crippen LogP contribution >= 0.6 is 24.0 Å². The Morgan fingerprint density at radius 1 is 1.35 bits per heavy atom. The lowest BCUT2D eigenvalue weighted by Crippen LogP contribution is -2.46. The van der Waals surface area contributed by atoms with Crippen LogP contribution in [0.25, 0.3) is 5.70 Å². The van der Waals surface area contributed by atoms with Crippen molar-refractivity contribution < 1.29 is 19.1 Å². The highest BCUT2D eigenvalue weighted by Crippen LogP contribution is 2.25. The molecule has 4 bridgehead atoms. The highest BCUT2D eigenvalue weighted by atomic mass is 32.1. The molecular formula is C21H26N4O4S2. The van der Waals surface area contributed by atoms with Crippen molar-refractivity contribution in [3.05, 3.63) is 34.3 Å². The van der Waals surface area contributed by atoms with Gasteiger partial charge in [0, 0.05) is 17.5 Å². The zero-order valence-electron chi connectivity index (χ0n) is 17.5. The van der Waals surface area contributed by atoms with Crippen LogP contribution in [0.15, 0.2) is 28.6 Å². The van der Waals surface area contributed by atoms with Gasteiger partial charge in [-0.2, -0.15) is 12.6 Å². The van der Waals surface area contributed by atoms with Gasteiger partial charge in [-0.25, -0.2) is 9.78 Å². The predicted octanol–water partition coefficient (Wildman–Crippen LogP) is 2.39. The number of rotatable bonds is 4. The van der Waals surface area contributed by atoms with Gasteiger partial charge in [-0.15, -0.1) is 11.3 Å². The summed E-state index contributed by atoms with van der Waals surface area (Å²) in [6, 6.07) is -0.871. The molecule has 0 saturated carbocycles. The zero-order valence-corrected chi connectivity index (χ0v) is 19.2. The Labute approximate surface area is 190 Å². The monoisotopic (exact) mass is 462 g/mol. The number of hydrogen-bond acceptors (Lipinski definition) is 8. The number of fused-ring (bicyclic) bond motifs is 4. The molecule has 0 aliphatic carbocycles. The van der Waals surface area contributed by atoms with Crippen molar-refractivity contribution in [2.75, 3.05) is 12.3 Å². The summed E-state index contributed by atoms with van der Waals surface area (Å²) in [6.07, 6.45) is 5.96. The molecule has 2 aliphatic heterocycles. The quantitative estimate of drug-likeness (QED) is 0.362. The Bertz CT molecular complexity index is 936. The van der Waals surface area contributed by atoms with Crippen LogP contribution in [0.1, 0.15) is 48.6 Å². The third-order valence-corrected chi connectivity index (χ3v) is 5.89. The Balaban J connectivity index is 1.88. The standard InChI is InChI=1S/C21H26N4O4S2/c1-12(2)18-21(28)29-14(5-3-4-8-30)9-17(26)22-10-13-6-7-15(23-13)20-24-16(11-31-20)19(27)25-18/h3,5,7,11-12,14,18,30H,4,6,8-10H2,1-2H3,(H,22,26)(H,25,27)/b5-3+/t14-,18+/m1/s1. The summed E-state index contributed by atoms with van der Waals surface area (Å²) in [5.41, 5.74) is 1.72. The number of aromatic nitrogens is 1. The Morgan fingerprint density at radius 3 is 2.90 bits per heavy atom. The van der Waals surface area contributed by atoms with E-state index in [9.17, 15) is 14.4 Å². The van der Waals surface area contributed by atoms with Crippen LogP contribution in [0, 0.1) is 5.92 Å². The van der Waals surface area contributed by atoms with E-state index in [0.29, 0.717) is 35.8 Å². The molecule has 10 heteroatoms. The van der Waals surface area contributed by atoms with Crippen molar-refractivity contribution in [2.45, 2.75) is 45.3 Å². The molecule has 2 amide bonds. The Hall–Kier alpha value is -2.46. The van der Waals surface area contributed by atoms with Gasteiger partial charge < -0.3 is 15.4 Å². The normalized spacial score (nSPS) is 22.8. The average molecular weight is 463 g/mol. The number of nitrogens with one attached hydrogen (secondary N) is 2. The molecule has 0 spiro atoms. The summed E-state index contributed by atoms with van der Waals surface area (Å²) in [4.78, 5) is 46.9. The van der Waals surface area contributed by atoms with Crippen molar-refractivity contribution in [3.8, 4) is 0 Å². The number of cyclic esters (lactones) is 1. The van der Waals surface area contributed by atoms with Gasteiger partial charge in [0.25, 0.3) is 5.91 Å². The molecule has 2 N–H and O–H groups in total. The van der Waals surface area contributed by atoms with Gasteiger partial charge in [0.1, 0.15) is 22.8 Å². The topological polar surface area (TPSA) is 110 Å². The first-order valence-corrected chi connectivity index (χ1v) is 11.7. The van der Waals surface area contributed by atoms with E-state index in [1.165, 1.54) is 11.3 Å². The Kier molecular flexibility index (Phi) is 8.03. The number of aliphatic imine (C=N–C) groups is 1. The molecule has 0 aromatic carbocycles. The molecule has 1 aromatic heterocycles. The highest BCUT2D eigenvalue weighted by Gasteiger charge is 2.30. The van der Waals surface area contributed by atoms with Gasteiger partial charge in [-0.05, 0) is 30.2 Å². The number of thiol groups is 1. The summed E-state index contributed by atoms with van der Waals surface area (Å²) in [5.74, 6) is -0.870. The number of nitrogens with zero attached hydrogens (tertiary/aromatic N) is 2. The van der Waals surface area contributed by atoms with Crippen molar-refractivity contribution in [1.29, 1.82) is 0 Å². The maximum absolute atomic E-state index is 12.9. The summed E-state index contributed by atoms with van der Waals surface area (Å²) >= 11 is 5.48. The minimum absolute atomic E-state index is 0.0190. The lowest BCUT2D eigenvalue weighted by molar-refractivity contribution is -0.151. The maximum atomic E-state index is 12.9. The van der Waals surface area contributed by atoms with E-state index in [1.54, 1.807) is 11.5 Å². The van der Waals surface area contributed by atoms with Crippen LogP contribution in [0.2, 0.25) is 0 Å². The first kappa shape index (κ1) is 23.2. The van der Waals surface area contributed by atoms with Gasteiger partial charge in [0.15, 0.2) is 0 Å². The van der Waals surface area contributed by atoms with Crippen LogP contribution in [0.5, 0.6) is 0 Å². The van der Waals surface area contributed by atoms with Crippen molar-refractivity contribution in [2.24, 2.45) is 10.9 Å². The molecule has 2 atom stereocenters. The van der Waals surface area contributed by atoms with Gasteiger partial charge >= 0.3 is 5.97 Å². The van der Waals surface area contributed by atoms with E-state index < -0.39 is 24.0 Å². The van der Waals surface area contributed by atoms with E-state index in [0.717, 1.165) is 5.71 Å². The minimum Gasteiger partial charge on any atom is -0.456 e. The summed E-state index contributed by atoms with van der Waals surface area (Å²) in [7, 11) is 0. The smallest absolute Gasteiger partial charge is 0.329 e. The molecule has 0 fully saturated rings. The third-order valence-electron chi connectivity index (χ3n) is 4.76. The van der Waals surface area contributed by atoms with E-state index in [-0.39, 0.29) is 23.9 Å². The fraction of sp³-hybridized carbons (Fsp3) is 0.476. The van der Waals surface area contributed by atoms with Gasteiger partial charge in [0.05, 0.1) is 18.7 Å². The molecule has 31 heavy (non-hydrogen) atoms. The molecule has 3 rings (SSSR count). The predicted molar refractivity (Wildman–Crippen MR) is 123 cm³/mol. The number of esters is 1. The van der Waals surface area contributed by atoms with Gasteiger partial charge in [-0.1, -0.05) is 19.9 Å². The molecule has 2 aliphatic rings. The summed E-state index contributed by atoms with van der Waals surface area (Å²) < 4.78 is 5.60. The molecule has 1 aromatic rings. The lowest BCUT2D eigenvalue weighted by Gasteiger charge is -2.23. The van der Waals surface area contributed by atoms with Crippen molar-refractivity contribution in [3.63, 3.8) is 0 Å². The average Bonchev–Trinajstić information content (AvgIpc) is 3.39. The van der Waals surface area contributed by atoms with E-state index in [4.69, 9.17) is 4.74 Å². The molecule has 8 nitrogen and oxygen atoms in total. The van der Waals surface area contributed by atoms with Crippen LogP contribution in [0.4, 0.5) is 0 Å². The Morgan fingerprint density at radius 2 is 2.16 bits per heavy atom. The zero-order chi connectivity index (χ0) is 22.4. The number of carbonyl (C=O) groups is 3. The first-order chi connectivity index (χ1) is 14.9. The van der Waals surface area contributed by atoms with Crippen LogP contribution in [-0.4, -0.2) is 52.9 Å². The van der Waals surface area contributed by atoms with Crippen LogP contribution in [0.3, 0.4) is 0 Å². The largest absolute Gasteiger partial charge is 0.456 e. The third kappa shape index (κ3) is 6.27. The SMILES string of the molecule is CC(C)[C@@H]1NC(=O)c2csc(n2)C2=CCC(=N2)CNC(=O)C[C@@H](/C=C/CCS)OC1=O. The number of hydrogen-bond donors (Lipinski definition) is 3. The van der Waals surface area contributed by atoms with E-state index in [1.807, 2.05) is 26.0 Å². The fourth-order valence-corrected chi connectivity index (χ4v) is 4.01. The molecular weight excluding hydrogens is 436 g/mol. The molecule has 0 saturated heterocycles. The fourth-order valence-electron chi connectivity index (χ4n) is 3.08. The first-order valence-electron chi connectivity index (χ1n) is 10.2. The van der Waals surface area contributed by atoms with E-state index in [2.05, 4.69) is 33.2 Å². The van der Waals surface area contributed by atoms with Crippen LogP contribution < -0.4 is 10.6 Å². The summed E-state index contributed by atoms with van der Waals surface area (Å²) in [6.45, 7) is 3.93. The van der Waals surface area contributed by atoms with Crippen LogP contribution in [-0.2, 0) is 14.3 Å². The number of allylic oxidation sites excluding steroid dienone is 2. The highest BCUT2D eigenvalue weighted by molar-refractivity contribution is 7.80. The number of carbonyl (C=O) groups excluding carboxylic acids is 3. The molecule has 3 heterocycles. The second-order valence-corrected chi connectivity index (χ2v) is 8.91. The lowest BCUT2D eigenvalue weighted by atomic mass is 10.0. The number of ether oxygens (including phenoxy) is 1. The number of thiazole rings is 1. The molecule has 166 valence electrons. The van der Waals surface area contributed by atoms with Crippen molar-refractivity contribution >= 4 is 53.2 Å². The molecule has 0 radical (unpaired) electrons. The van der Waals surface area contributed by atoms with Gasteiger partial charge in [-0.3, -0.25) is 14.6 Å². The molecule has 0 unspecified atom stereocenters.